The summed E-state index contributed by atoms with van der Waals surface area (Å²) in [7, 11) is 3.56. The predicted octanol–water partition coefficient (Wildman–Crippen LogP) is 2.90. The number of hydrogen-bond donors (Lipinski definition) is 0. The van der Waals surface area contributed by atoms with Gasteiger partial charge in [0.1, 0.15) is 0 Å². The van der Waals surface area contributed by atoms with Crippen molar-refractivity contribution in [3.63, 3.8) is 0 Å². The molecule has 0 atom stereocenters. The van der Waals surface area contributed by atoms with E-state index in [1.54, 1.807) is 11.8 Å². The number of hydrogen-bond acceptors (Lipinski definition) is 4. The zero-order valence-corrected chi connectivity index (χ0v) is 15.9. The molecule has 1 fully saturated rings. The minimum Gasteiger partial charge on any atom is -0.383 e. The maximum absolute atomic E-state index is 13.4. The topological polar surface area (TPSA) is 60.2 Å². The Morgan fingerprint density at radius 2 is 2.16 bits per heavy atom. The van der Waals surface area contributed by atoms with Gasteiger partial charge in [0, 0.05) is 38.9 Å². The predicted molar refractivity (Wildman–Crippen MR) is 97.8 cm³/mol. The Morgan fingerprint density at radius 1 is 1.44 bits per heavy atom. The van der Waals surface area contributed by atoms with Crippen LogP contribution in [-0.4, -0.2) is 52.4 Å². The molecule has 0 radical (unpaired) electrons. The third-order valence-electron chi connectivity index (χ3n) is 4.65. The van der Waals surface area contributed by atoms with E-state index in [-0.39, 0.29) is 5.91 Å². The third-order valence-corrected chi connectivity index (χ3v) is 4.65. The van der Waals surface area contributed by atoms with Gasteiger partial charge in [-0.2, -0.15) is 5.10 Å². The largest absolute Gasteiger partial charge is 0.383 e. The summed E-state index contributed by atoms with van der Waals surface area (Å²) in [6.45, 7) is 8.04. The van der Waals surface area contributed by atoms with E-state index >= 15 is 0 Å². The fourth-order valence-corrected chi connectivity index (χ4v) is 3.31. The first-order chi connectivity index (χ1) is 11.9. The molecule has 0 aromatic carbocycles. The molecule has 1 amide bonds. The summed E-state index contributed by atoms with van der Waals surface area (Å²) in [5.74, 6) is 0.941. The molecule has 2 aromatic rings. The molecule has 1 saturated carbocycles. The van der Waals surface area contributed by atoms with E-state index in [0.717, 1.165) is 40.8 Å². The van der Waals surface area contributed by atoms with Crippen molar-refractivity contribution < 1.29 is 9.53 Å². The van der Waals surface area contributed by atoms with Crippen molar-refractivity contribution in [2.45, 2.75) is 39.5 Å². The molecule has 1 aliphatic carbocycles. The Labute approximate surface area is 149 Å². The van der Waals surface area contributed by atoms with Crippen LogP contribution in [0.2, 0.25) is 0 Å². The monoisotopic (exact) mass is 344 g/mol. The van der Waals surface area contributed by atoms with Crippen molar-refractivity contribution in [1.82, 2.24) is 19.7 Å². The number of methoxy groups -OCH3 is 1. The molecule has 2 aromatic heterocycles. The fourth-order valence-electron chi connectivity index (χ4n) is 3.31. The second kappa shape index (κ2) is 7.12. The molecule has 6 heteroatoms. The Morgan fingerprint density at radius 3 is 2.76 bits per heavy atom. The van der Waals surface area contributed by atoms with Crippen LogP contribution in [0.4, 0.5) is 0 Å². The molecule has 0 N–H and O–H groups in total. The Balaban J connectivity index is 2.06. The van der Waals surface area contributed by atoms with Gasteiger partial charge in [0.15, 0.2) is 5.65 Å². The minimum atomic E-state index is 0.0520. The molecule has 1 aliphatic rings. The standard InChI is InChI=1S/C19H28N4O2/c1-12(2)11-23(8-9-25-5)19(24)15-10-16(14-6-7-14)20-18-17(15)13(3)21-22(18)4/h10,12,14H,6-9,11H2,1-5H3. The Hall–Kier alpha value is -1.95. The highest BCUT2D eigenvalue weighted by Gasteiger charge is 2.29. The van der Waals surface area contributed by atoms with Crippen LogP contribution in [0, 0.1) is 12.8 Å². The maximum Gasteiger partial charge on any atom is 0.254 e. The normalized spacial score (nSPS) is 14.5. The number of aryl methyl sites for hydroxylation is 2. The van der Waals surface area contributed by atoms with Crippen molar-refractivity contribution in [1.29, 1.82) is 0 Å². The lowest BCUT2D eigenvalue weighted by molar-refractivity contribution is 0.0674. The number of nitrogens with zero attached hydrogens (tertiary/aromatic N) is 4. The van der Waals surface area contributed by atoms with Gasteiger partial charge in [0.2, 0.25) is 0 Å². The Kier molecular flexibility index (Phi) is 5.08. The molecule has 2 heterocycles. The van der Waals surface area contributed by atoms with Gasteiger partial charge in [0.25, 0.3) is 5.91 Å². The number of aromatic nitrogens is 3. The first-order valence-electron chi connectivity index (χ1n) is 9.04. The molecule has 6 nitrogen and oxygen atoms in total. The van der Waals surface area contributed by atoms with Crippen molar-refractivity contribution in [2.75, 3.05) is 26.8 Å². The van der Waals surface area contributed by atoms with Crippen LogP contribution in [0.5, 0.6) is 0 Å². The van der Waals surface area contributed by atoms with Crippen LogP contribution in [0.1, 0.15) is 54.4 Å². The summed E-state index contributed by atoms with van der Waals surface area (Å²) in [6.07, 6.45) is 2.31. The maximum atomic E-state index is 13.4. The number of carbonyl (C=O) groups excluding carboxylic acids is 1. The van der Waals surface area contributed by atoms with E-state index in [2.05, 4.69) is 18.9 Å². The van der Waals surface area contributed by atoms with Gasteiger partial charge in [0.05, 0.1) is 23.3 Å². The molecule has 0 saturated heterocycles. The molecule has 25 heavy (non-hydrogen) atoms. The van der Waals surface area contributed by atoms with Gasteiger partial charge < -0.3 is 9.64 Å². The molecule has 0 aliphatic heterocycles. The fraction of sp³-hybridized carbons (Fsp3) is 0.632. The van der Waals surface area contributed by atoms with Crippen LogP contribution in [0.15, 0.2) is 6.07 Å². The molecule has 0 unspecified atom stereocenters. The SMILES string of the molecule is COCCN(CC(C)C)C(=O)c1cc(C2CC2)nc2c1c(C)nn2C. The summed E-state index contributed by atoms with van der Waals surface area (Å²) < 4.78 is 6.99. The summed E-state index contributed by atoms with van der Waals surface area (Å²) >= 11 is 0. The highest BCUT2D eigenvalue weighted by Crippen LogP contribution is 2.40. The van der Waals surface area contributed by atoms with Crippen molar-refractivity contribution in [2.24, 2.45) is 13.0 Å². The smallest absolute Gasteiger partial charge is 0.254 e. The molecule has 136 valence electrons. The van der Waals surface area contributed by atoms with Gasteiger partial charge in [-0.15, -0.1) is 0 Å². The van der Waals surface area contributed by atoms with Crippen LogP contribution >= 0.6 is 0 Å². The van der Waals surface area contributed by atoms with E-state index in [1.165, 1.54) is 0 Å². The lowest BCUT2D eigenvalue weighted by Gasteiger charge is -2.25. The minimum absolute atomic E-state index is 0.0520. The number of pyridine rings is 1. The summed E-state index contributed by atoms with van der Waals surface area (Å²) in [4.78, 5) is 20.0. The molecular weight excluding hydrogens is 316 g/mol. The molecule has 3 rings (SSSR count). The molecule has 0 spiro atoms. The number of fused-ring (bicyclic) bond motifs is 1. The van der Waals surface area contributed by atoms with E-state index in [0.29, 0.717) is 31.5 Å². The molecular formula is C19H28N4O2. The van der Waals surface area contributed by atoms with Crippen LogP contribution in [-0.2, 0) is 11.8 Å². The Bertz CT molecular complexity index is 777. The van der Waals surface area contributed by atoms with Gasteiger partial charge in [-0.3, -0.25) is 9.48 Å². The van der Waals surface area contributed by atoms with Crippen LogP contribution in [0.3, 0.4) is 0 Å². The summed E-state index contributed by atoms with van der Waals surface area (Å²) in [6, 6.07) is 2.00. The van der Waals surface area contributed by atoms with E-state index in [4.69, 9.17) is 9.72 Å². The van der Waals surface area contributed by atoms with E-state index < -0.39 is 0 Å². The zero-order valence-electron chi connectivity index (χ0n) is 15.9. The van der Waals surface area contributed by atoms with Gasteiger partial charge in [-0.05, 0) is 31.7 Å². The van der Waals surface area contributed by atoms with E-state index in [9.17, 15) is 4.79 Å². The lowest BCUT2D eigenvalue weighted by atomic mass is 10.1. The first-order valence-corrected chi connectivity index (χ1v) is 9.04. The van der Waals surface area contributed by atoms with Crippen LogP contribution in [0.25, 0.3) is 11.0 Å². The van der Waals surface area contributed by atoms with Gasteiger partial charge in [-0.1, -0.05) is 13.8 Å². The van der Waals surface area contributed by atoms with Gasteiger partial charge in [-0.25, -0.2) is 4.98 Å². The van der Waals surface area contributed by atoms with Gasteiger partial charge >= 0.3 is 0 Å². The number of amides is 1. The number of ether oxygens (including phenoxy) is 1. The average molecular weight is 344 g/mol. The van der Waals surface area contributed by atoms with Crippen molar-refractivity contribution in [3.8, 4) is 0 Å². The zero-order chi connectivity index (χ0) is 18.1. The number of carbonyl (C=O) groups is 1. The van der Waals surface area contributed by atoms with E-state index in [1.807, 2.05) is 24.9 Å². The van der Waals surface area contributed by atoms with Crippen molar-refractivity contribution in [3.05, 3.63) is 23.0 Å². The highest BCUT2D eigenvalue weighted by atomic mass is 16.5. The second-order valence-corrected chi connectivity index (χ2v) is 7.41. The first kappa shape index (κ1) is 17.9. The molecule has 0 bridgehead atoms. The second-order valence-electron chi connectivity index (χ2n) is 7.41. The van der Waals surface area contributed by atoms with Crippen LogP contribution < -0.4 is 0 Å². The quantitative estimate of drug-likeness (QED) is 0.775. The number of rotatable bonds is 7. The lowest BCUT2D eigenvalue weighted by Crippen LogP contribution is -2.37. The average Bonchev–Trinajstić information content (AvgIpc) is 3.37. The third kappa shape index (κ3) is 3.68. The summed E-state index contributed by atoms with van der Waals surface area (Å²) in [5, 5.41) is 5.37. The van der Waals surface area contributed by atoms with Crippen molar-refractivity contribution >= 4 is 16.9 Å². The highest BCUT2D eigenvalue weighted by molar-refractivity contribution is 6.06. The summed E-state index contributed by atoms with van der Waals surface area (Å²) in [5.41, 5.74) is 3.41.